The van der Waals surface area contributed by atoms with Gasteiger partial charge in [0, 0.05) is 6.54 Å². The summed E-state index contributed by atoms with van der Waals surface area (Å²) >= 11 is 0. The summed E-state index contributed by atoms with van der Waals surface area (Å²) in [4.78, 5) is 17.1. The first kappa shape index (κ1) is 12.4. The minimum Gasteiger partial charge on any atom is -0.480 e. The highest BCUT2D eigenvalue weighted by Gasteiger charge is 2.31. The lowest BCUT2D eigenvalue weighted by Crippen LogP contribution is -2.47. The Bertz CT molecular complexity index is 478. The largest absolute Gasteiger partial charge is 0.480 e. The molecule has 1 fully saturated rings. The second-order valence-corrected chi connectivity index (χ2v) is 4.69. The maximum Gasteiger partial charge on any atom is 0.326 e. The van der Waals surface area contributed by atoms with Gasteiger partial charge in [-0.05, 0) is 30.9 Å². The molecule has 18 heavy (non-hydrogen) atoms. The third kappa shape index (κ3) is 2.43. The summed E-state index contributed by atoms with van der Waals surface area (Å²) in [5, 5.41) is 18.0. The van der Waals surface area contributed by atoms with Crippen LogP contribution >= 0.6 is 0 Å². The lowest BCUT2D eigenvalue weighted by atomic mass is 9.92. The average molecular weight is 245 g/mol. The van der Waals surface area contributed by atoms with Crippen molar-refractivity contribution in [3.05, 3.63) is 24.0 Å². The van der Waals surface area contributed by atoms with Crippen molar-refractivity contribution in [2.24, 2.45) is 5.92 Å². The van der Waals surface area contributed by atoms with E-state index in [1.165, 1.54) is 0 Å². The highest BCUT2D eigenvalue weighted by Crippen LogP contribution is 2.27. The number of nitrogens with zero attached hydrogens (tertiary/aromatic N) is 3. The van der Waals surface area contributed by atoms with Gasteiger partial charge in [0.1, 0.15) is 17.8 Å². The number of aromatic nitrogens is 1. The Balaban J connectivity index is 2.24. The molecule has 5 nitrogen and oxygen atoms in total. The average Bonchev–Trinajstić information content (AvgIpc) is 2.39. The quantitative estimate of drug-likeness (QED) is 0.857. The monoisotopic (exact) mass is 245 g/mol. The summed E-state index contributed by atoms with van der Waals surface area (Å²) in [5.74, 6) is -0.375. The number of piperidine rings is 1. The zero-order valence-electron chi connectivity index (χ0n) is 10.2. The van der Waals surface area contributed by atoms with Crippen LogP contribution in [-0.4, -0.2) is 28.6 Å². The van der Waals surface area contributed by atoms with E-state index in [0.717, 1.165) is 12.1 Å². The Kier molecular flexibility index (Phi) is 3.47. The van der Waals surface area contributed by atoms with Crippen LogP contribution in [-0.2, 0) is 4.79 Å². The molecule has 94 valence electrons. The van der Waals surface area contributed by atoms with Crippen molar-refractivity contribution in [1.82, 2.24) is 4.98 Å². The SMILES string of the molecule is CC1CCN(c2ccc(C#N)nc2)C(C(=O)O)C1. The first-order chi connectivity index (χ1) is 8.61. The van der Waals surface area contributed by atoms with Gasteiger partial charge in [-0.3, -0.25) is 0 Å². The third-order valence-electron chi connectivity index (χ3n) is 3.34. The number of hydrogen-bond acceptors (Lipinski definition) is 4. The Labute approximate surface area is 106 Å². The Morgan fingerprint density at radius 2 is 2.39 bits per heavy atom. The normalized spacial score (nSPS) is 23.4. The van der Waals surface area contributed by atoms with Crippen LogP contribution in [0.2, 0.25) is 0 Å². The van der Waals surface area contributed by atoms with E-state index in [2.05, 4.69) is 11.9 Å². The van der Waals surface area contributed by atoms with E-state index in [-0.39, 0.29) is 0 Å². The fourth-order valence-electron chi connectivity index (χ4n) is 2.31. The van der Waals surface area contributed by atoms with Crippen molar-refractivity contribution in [3.63, 3.8) is 0 Å². The molecule has 2 heterocycles. The smallest absolute Gasteiger partial charge is 0.326 e. The maximum absolute atomic E-state index is 11.3. The van der Waals surface area contributed by atoms with Gasteiger partial charge in [0.15, 0.2) is 0 Å². The number of carboxylic acids is 1. The van der Waals surface area contributed by atoms with E-state index in [1.54, 1.807) is 18.3 Å². The van der Waals surface area contributed by atoms with Gasteiger partial charge >= 0.3 is 5.97 Å². The molecule has 1 aromatic heterocycles. The van der Waals surface area contributed by atoms with Gasteiger partial charge in [-0.2, -0.15) is 5.26 Å². The van der Waals surface area contributed by atoms with E-state index in [1.807, 2.05) is 11.0 Å². The number of pyridine rings is 1. The Morgan fingerprint density at radius 1 is 1.61 bits per heavy atom. The van der Waals surface area contributed by atoms with E-state index < -0.39 is 12.0 Å². The van der Waals surface area contributed by atoms with Gasteiger partial charge in [0.25, 0.3) is 0 Å². The van der Waals surface area contributed by atoms with Crippen LogP contribution in [0.25, 0.3) is 0 Å². The van der Waals surface area contributed by atoms with Crippen LogP contribution in [0.4, 0.5) is 5.69 Å². The molecule has 2 atom stereocenters. The predicted molar refractivity (Wildman–Crippen MR) is 66.1 cm³/mol. The molecule has 2 unspecified atom stereocenters. The molecule has 5 heteroatoms. The van der Waals surface area contributed by atoms with E-state index in [4.69, 9.17) is 5.26 Å². The standard InChI is InChI=1S/C13H15N3O2/c1-9-4-5-16(12(6-9)13(17)18)11-3-2-10(7-14)15-8-11/h2-3,8-9,12H,4-6H2,1H3,(H,17,18). The van der Waals surface area contributed by atoms with Crippen LogP contribution < -0.4 is 4.90 Å². The maximum atomic E-state index is 11.3. The van der Waals surface area contributed by atoms with Crippen LogP contribution in [0.5, 0.6) is 0 Å². The number of nitriles is 1. The molecule has 1 saturated heterocycles. The van der Waals surface area contributed by atoms with Crippen molar-refractivity contribution >= 4 is 11.7 Å². The summed E-state index contributed by atoms with van der Waals surface area (Å²) in [5.41, 5.74) is 1.12. The Hall–Kier alpha value is -2.09. The highest BCUT2D eigenvalue weighted by molar-refractivity contribution is 5.78. The number of hydrogen-bond donors (Lipinski definition) is 1. The molecule has 1 aromatic rings. The highest BCUT2D eigenvalue weighted by atomic mass is 16.4. The first-order valence-corrected chi connectivity index (χ1v) is 5.97. The van der Waals surface area contributed by atoms with E-state index >= 15 is 0 Å². The third-order valence-corrected chi connectivity index (χ3v) is 3.34. The van der Waals surface area contributed by atoms with Gasteiger partial charge in [-0.15, -0.1) is 0 Å². The first-order valence-electron chi connectivity index (χ1n) is 5.97. The van der Waals surface area contributed by atoms with Crippen LogP contribution in [0, 0.1) is 17.2 Å². The second kappa shape index (κ2) is 5.05. The molecule has 1 aliphatic heterocycles. The fraction of sp³-hybridized carbons (Fsp3) is 0.462. The van der Waals surface area contributed by atoms with Crippen LogP contribution in [0.15, 0.2) is 18.3 Å². The lowest BCUT2D eigenvalue weighted by Gasteiger charge is -2.37. The van der Waals surface area contributed by atoms with Crippen molar-refractivity contribution in [2.75, 3.05) is 11.4 Å². The van der Waals surface area contributed by atoms with Crippen molar-refractivity contribution in [1.29, 1.82) is 5.26 Å². The van der Waals surface area contributed by atoms with Crippen LogP contribution in [0.1, 0.15) is 25.5 Å². The molecule has 0 bridgehead atoms. The zero-order valence-corrected chi connectivity index (χ0v) is 10.2. The van der Waals surface area contributed by atoms with Gasteiger partial charge in [0.2, 0.25) is 0 Å². The molecule has 1 N–H and O–H groups in total. The summed E-state index contributed by atoms with van der Waals surface area (Å²) in [6.07, 6.45) is 3.20. The minimum atomic E-state index is -0.800. The molecule has 0 spiro atoms. The van der Waals surface area contributed by atoms with Crippen molar-refractivity contribution < 1.29 is 9.90 Å². The number of anilines is 1. The summed E-state index contributed by atoms with van der Waals surface area (Å²) in [6, 6.07) is 4.83. The topological polar surface area (TPSA) is 77.2 Å². The molecule has 0 aliphatic carbocycles. The Morgan fingerprint density at radius 3 is 2.94 bits per heavy atom. The van der Waals surface area contributed by atoms with E-state index in [9.17, 15) is 9.90 Å². The lowest BCUT2D eigenvalue weighted by molar-refractivity contribution is -0.139. The zero-order chi connectivity index (χ0) is 13.1. The van der Waals surface area contributed by atoms with Gasteiger partial charge in [-0.1, -0.05) is 6.92 Å². The summed E-state index contributed by atoms with van der Waals surface area (Å²) < 4.78 is 0. The minimum absolute atomic E-state index is 0.344. The van der Waals surface area contributed by atoms with Crippen molar-refractivity contribution in [2.45, 2.75) is 25.8 Å². The second-order valence-electron chi connectivity index (χ2n) is 4.69. The molecule has 1 aliphatic rings. The van der Waals surface area contributed by atoms with Crippen molar-refractivity contribution in [3.8, 4) is 6.07 Å². The number of aliphatic carboxylic acids is 1. The van der Waals surface area contributed by atoms with Gasteiger partial charge in [0.05, 0.1) is 11.9 Å². The molecule has 2 rings (SSSR count). The molecule has 0 aromatic carbocycles. The number of rotatable bonds is 2. The van der Waals surface area contributed by atoms with Gasteiger partial charge in [-0.25, -0.2) is 9.78 Å². The van der Waals surface area contributed by atoms with Crippen LogP contribution in [0.3, 0.4) is 0 Å². The van der Waals surface area contributed by atoms with Gasteiger partial charge < -0.3 is 10.0 Å². The number of carbonyl (C=O) groups is 1. The molecule has 0 saturated carbocycles. The molecular formula is C13H15N3O2. The van der Waals surface area contributed by atoms with E-state index in [0.29, 0.717) is 24.6 Å². The summed E-state index contributed by atoms with van der Waals surface area (Å²) in [7, 11) is 0. The fourth-order valence-corrected chi connectivity index (χ4v) is 2.31. The molecule has 0 amide bonds. The summed E-state index contributed by atoms with van der Waals surface area (Å²) in [6.45, 7) is 2.79. The molecular weight excluding hydrogens is 230 g/mol. The predicted octanol–water partition coefficient (Wildman–Crippen LogP) is 1.64. The number of carboxylic acid groups (broad SMARTS) is 1. The molecule has 0 radical (unpaired) electrons.